The molecule has 1 aromatic heterocycles. The van der Waals surface area contributed by atoms with Gasteiger partial charge in [0.1, 0.15) is 17.3 Å². The van der Waals surface area contributed by atoms with Gasteiger partial charge < -0.3 is 20.0 Å². The maximum absolute atomic E-state index is 13.5. The Hall–Kier alpha value is -2.50. The third-order valence-electron chi connectivity index (χ3n) is 7.38. The van der Waals surface area contributed by atoms with Gasteiger partial charge in [-0.05, 0) is 37.6 Å². The van der Waals surface area contributed by atoms with E-state index < -0.39 is 17.3 Å². The first-order chi connectivity index (χ1) is 19.3. The normalized spacial score (nSPS) is 17.2. The Morgan fingerprint density at radius 3 is 2.15 bits per heavy atom. The number of nitrogens with zero attached hydrogens (tertiary/aromatic N) is 6. The van der Waals surface area contributed by atoms with E-state index in [2.05, 4.69) is 25.1 Å². The van der Waals surface area contributed by atoms with Crippen molar-refractivity contribution >= 4 is 40.7 Å². The van der Waals surface area contributed by atoms with E-state index in [1.54, 1.807) is 6.07 Å². The molecule has 2 saturated heterocycles. The number of alkyl halides is 3. The average Bonchev–Trinajstić information content (AvgIpc) is 2.93. The highest BCUT2D eigenvalue weighted by Crippen LogP contribution is 2.32. The van der Waals surface area contributed by atoms with Crippen LogP contribution in [0.4, 0.5) is 29.5 Å². The number of nitrogens with one attached hydrogen (secondary N) is 1. The summed E-state index contributed by atoms with van der Waals surface area (Å²) in [6, 6.07) is 6.58. The molecule has 0 radical (unpaired) electrons. The van der Waals surface area contributed by atoms with Crippen LogP contribution in [-0.2, 0) is 11.6 Å². The van der Waals surface area contributed by atoms with Crippen LogP contribution in [0.1, 0.15) is 45.1 Å². The molecule has 3 heterocycles. The van der Waals surface area contributed by atoms with E-state index in [1.165, 1.54) is 0 Å². The lowest BCUT2D eigenvalue weighted by molar-refractivity contribution is -0.141. The van der Waals surface area contributed by atoms with Gasteiger partial charge in [-0.1, -0.05) is 44.0 Å². The van der Waals surface area contributed by atoms with Crippen LogP contribution in [0.3, 0.4) is 0 Å². The molecular weight excluding hydrogens is 578 g/mol. The quantitative estimate of drug-likeness (QED) is 0.413. The summed E-state index contributed by atoms with van der Waals surface area (Å²) in [6.07, 6.45) is -2.74. The number of halogens is 5. The molecule has 0 unspecified atom stereocenters. The van der Waals surface area contributed by atoms with E-state index >= 15 is 0 Å². The van der Waals surface area contributed by atoms with Crippen molar-refractivity contribution < 1.29 is 18.0 Å². The summed E-state index contributed by atoms with van der Waals surface area (Å²) in [5.41, 5.74) is -0.489. The number of benzene rings is 1. The van der Waals surface area contributed by atoms with E-state index in [0.29, 0.717) is 48.6 Å². The highest BCUT2D eigenvalue weighted by Gasteiger charge is 2.36. The lowest BCUT2D eigenvalue weighted by Crippen LogP contribution is -2.52. The largest absolute Gasteiger partial charge is 0.433 e. The third kappa shape index (κ3) is 8.51. The van der Waals surface area contributed by atoms with Gasteiger partial charge in [0.15, 0.2) is 0 Å². The first-order valence-corrected chi connectivity index (χ1v) is 14.7. The summed E-state index contributed by atoms with van der Waals surface area (Å²) < 4.78 is 40.4. The molecule has 13 heteroatoms. The fraction of sp³-hybridized carbons (Fsp3) is 0.607. The molecule has 0 aliphatic carbocycles. The molecule has 0 saturated carbocycles. The topological polar surface area (TPSA) is 67.8 Å². The number of hydrogen-bond donors (Lipinski definition) is 1. The summed E-state index contributed by atoms with van der Waals surface area (Å²) in [4.78, 5) is 29.1. The van der Waals surface area contributed by atoms with Gasteiger partial charge in [-0.3, -0.25) is 4.90 Å². The van der Waals surface area contributed by atoms with E-state index in [9.17, 15) is 18.0 Å². The zero-order valence-corrected chi connectivity index (χ0v) is 25.3. The molecule has 8 nitrogen and oxygen atoms in total. The number of carbonyl (C=O) groups is 1. The molecule has 1 aromatic carbocycles. The number of unbranched alkanes of at least 4 members (excludes halogenated alkanes) is 1. The van der Waals surface area contributed by atoms with Gasteiger partial charge in [0, 0.05) is 76.1 Å². The van der Waals surface area contributed by atoms with Crippen LogP contribution in [0.15, 0.2) is 24.3 Å². The average molecular weight is 617 g/mol. The molecular formula is C28H38Cl2F3N7O. The van der Waals surface area contributed by atoms with Gasteiger partial charge in [0.25, 0.3) is 0 Å². The van der Waals surface area contributed by atoms with Crippen LogP contribution in [0, 0.1) is 0 Å². The van der Waals surface area contributed by atoms with E-state index in [-0.39, 0.29) is 11.9 Å². The second-order valence-corrected chi connectivity index (χ2v) is 12.3. The highest BCUT2D eigenvalue weighted by molar-refractivity contribution is 6.42. The number of piperazine rings is 2. The third-order valence-corrected chi connectivity index (χ3v) is 8.12. The van der Waals surface area contributed by atoms with Gasteiger partial charge in [-0.15, -0.1) is 0 Å². The molecule has 0 atom stereocenters. The maximum atomic E-state index is 13.5. The summed E-state index contributed by atoms with van der Waals surface area (Å²) in [5, 5.41) is 4.07. The Labute approximate surface area is 249 Å². The number of amides is 2. The standard InChI is InChI=1S/C28H38Cl2F3N7O/c1-27(2,3)25-35-23(28(31,32)33)19-24(36-25)39-12-10-37(11-13-39)9-5-4-8-34-26(41)40-16-14-38(15-17-40)20-6-7-21(29)22(30)18-20/h6-7,18-19H,4-5,8-17H2,1-3H3,(H,34,41). The van der Waals surface area contributed by atoms with Crippen molar-refractivity contribution in [3.63, 3.8) is 0 Å². The number of urea groups is 1. The molecule has 0 spiro atoms. The highest BCUT2D eigenvalue weighted by atomic mass is 35.5. The number of aromatic nitrogens is 2. The molecule has 41 heavy (non-hydrogen) atoms. The van der Waals surface area contributed by atoms with Crippen molar-refractivity contribution in [3.05, 3.63) is 45.8 Å². The van der Waals surface area contributed by atoms with Crippen molar-refractivity contribution in [3.8, 4) is 0 Å². The minimum absolute atomic E-state index is 0.0508. The van der Waals surface area contributed by atoms with Gasteiger partial charge in [0.05, 0.1) is 10.0 Å². The smallest absolute Gasteiger partial charge is 0.368 e. The first kappa shape index (κ1) is 31.4. The van der Waals surface area contributed by atoms with E-state index in [0.717, 1.165) is 57.3 Å². The molecule has 4 rings (SSSR count). The van der Waals surface area contributed by atoms with Crippen LogP contribution in [0.5, 0.6) is 0 Å². The molecule has 2 aliphatic heterocycles. The zero-order chi connectivity index (χ0) is 29.8. The monoisotopic (exact) mass is 615 g/mol. The van der Waals surface area contributed by atoms with Crippen molar-refractivity contribution in [2.24, 2.45) is 0 Å². The second-order valence-electron chi connectivity index (χ2n) is 11.5. The molecule has 2 aromatic rings. The van der Waals surface area contributed by atoms with Crippen LogP contribution < -0.4 is 15.1 Å². The number of rotatable bonds is 7. The second kappa shape index (κ2) is 13.2. The van der Waals surface area contributed by atoms with Crippen molar-refractivity contribution in [1.82, 2.24) is 25.1 Å². The summed E-state index contributed by atoms with van der Waals surface area (Å²) in [6.45, 7) is 12.3. The van der Waals surface area contributed by atoms with Gasteiger partial charge >= 0.3 is 12.2 Å². The Bertz CT molecular complexity index is 1160. The zero-order valence-electron chi connectivity index (χ0n) is 23.8. The van der Waals surface area contributed by atoms with Crippen molar-refractivity contribution in [2.75, 3.05) is 75.2 Å². The maximum Gasteiger partial charge on any atom is 0.433 e. The predicted molar refractivity (Wildman–Crippen MR) is 157 cm³/mol. The Balaban J connectivity index is 1.15. The minimum atomic E-state index is -4.52. The molecule has 2 amide bonds. The Morgan fingerprint density at radius 1 is 0.878 bits per heavy atom. The molecule has 2 aliphatic rings. The lowest BCUT2D eigenvalue weighted by Gasteiger charge is -2.36. The number of hydrogen-bond acceptors (Lipinski definition) is 6. The SMILES string of the molecule is CC(C)(C)c1nc(N2CCN(CCCCNC(=O)N3CCN(c4ccc(Cl)c(Cl)c4)CC3)CC2)cc(C(F)(F)F)n1. The summed E-state index contributed by atoms with van der Waals surface area (Å²) in [7, 11) is 0. The van der Waals surface area contributed by atoms with E-state index in [1.807, 2.05) is 42.7 Å². The summed E-state index contributed by atoms with van der Waals surface area (Å²) >= 11 is 12.1. The van der Waals surface area contributed by atoms with Gasteiger partial charge in [0.2, 0.25) is 0 Å². The predicted octanol–water partition coefficient (Wildman–Crippen LogP) is 5.53. The van der Waals surface area contributed by atoms with Crippen LogP contribution in [0.25, 0.3) is 0 Å². The van der Waals surface area contributed by atoms with Gasteiger partial charge in [-0.2, -0.15) is 13.2 Å². The first-order valence-electron chi connectivity index (χ1n) is 14.0. The van der Waals surface area contributed by atoms with Crippen LogP contribution in [0.2, 0.25) is 10.0 Å². The lowest BCUT2D eigenvalue weighted by atomic mass is 9.95. The summed E-state index contributed by atoms with van der Waals surface area (Å²) in [5.74, 6) is 0.526. The van der Waals surface area contributed by atoms with Crippen LogP contribution in [-0.4, -0.2) is 91.2 Å². The number of anilines is 2. The van der Waals surface area contributed by atoms with Crippen molar-refractivity contribution in [2.45, 2.75) is 45.2 Å². The van der Waals surface area contributed by atoms with Gasteiger partial charge in [-0.25, -0.2) is 14.8 Å². The Kier molecular flexibility index (Phi) is 10.1. The molecule has 2 fully saturated rings. The fourth-order valence-corrected chi connectivity index (χ4v) is 5.19. The number of carbonyl (C=O) groups excluding carboxylic acids is 1. The van der Waals surface area contributed by atoms with Crippen LogP contribution >= 0.6 is 23.2 Å². The molecule has 226 valence electrons. The molecule has 0 bridgehead atoms. The Morgan fingerprint density at radius 2 is 1.54 bits per heavy atom. The molecule has 1 N–H and O–H groups in total. The van der Waals surface area contributed by atoms with Crippen molar-refractivity contribution in [1.29, 1.82) is 0 Å². The van der Waals surface area contributed by atoms with E-state index in [4.69, 9.17) is 23.2 Å². The fourth-order valence-electron chi connectivity index (χ4n) is 4.89. The minimum Gasteiger partial charge on any atom is -0.368 e.